The Morgan fingerprint density at radius 1 is 1.30 bits per heavy atom. The fourth-order valence-corrected chi connectivity index (χ4v) is 4.34. The van der Waals surface area contributed by atoms with E-state index in [0.717, 1.165) is 42.7 Å². The number of allylic oxidation sites excluding steroid dienone is 1. The van der Waals surface area contributed by atoms with Gasteiger partial charge in [0.1, 0.15) is 17.3 Å². The molecule has 3 N–H and O–H groups in total. The highest BCUT2D eigenvalue weighted by Gasteiger charge is 2.22. The summed E-state index contributed by atoms with van der Waals surface area (Å²) in [5, 5.41) is 11.3. The molecule has 1 saturated carbocycles. The second-order valence-corrected chi connectivity index (χ2v) is 11.9. The largest absolute Gasteiger partial charge is 0.494 e. The van der Waals surface area contributed by atoms with E-state index in [-0.39, 0.29) is 33.3 Å². The van der Waals surface area contributed by atoms with Crippen LogP contribution in [0.2, 0.25) is 0 Å². The fourth-order valence-electron chi connectivity index (χ4n) is 3.38. The molecule has 40 heavy (non-hydrogen) atoms. The Kier molecular flexibility index (Phi) is 8.86. The van der Waals surface area contributed by atoms with Gasteiger partial charge in [-0.2, -0.15) is 0 Å². The Balaban J connectivity index is 1.72. The number of amides is 1. The van der Waals surface area contributed by atoms with Crippen LogP contribution >= 0.6 is 11.3 Å². The lowest BCUT2D eigenvalue weighted by Crippen LogP contribution is -2.14. The molecule has 2 aromatic heterocycles. The smallest absolute Gasteiger partial charge is 0.280 e. The number of anilines is 1. The fraction of sp³-hybridized carbons (Fsp3) is 0.269. The van der Waals surface area contributed by atoms with E-state index in [1.165, 1.54) is 31.5 Å². The third-order valence-electron chi connectivity index (χ3n) is 5.49. The van der Waals surface area contributed by atoms with Crippen LogP contribution in [-0.2, 0) is 9.84 Å². The maximum Gasteiger partial charge on any atom is 0.280 e. The van der Waals surface area contributed by atoms with Gasteiger partial charge in [0.2, 0.25) is 5.13 Å². The standard InChI is InChI=1S/C26H24F2N6O4S2/c1-38-22-13-31-21(24(27)28)12-19(22)18-11-16(20(29)9-10-30-14-40(2,36)37)6-7-17(18)25(35)32-26-34-33-23(39-26)8-5-15-3-4-15/h6-7,9-13,15,24H,3-4,14,29H2,1-2H3,(H,32,34,35)/b20-9-,30-10+. The van der Waals surface area contributed by atoms with Crippen molar-refractivity contribution in [1.29, 1.82) is 0 Å². The van der Waals surface area contributed by atoms with Crippen molar-refractivity contribution in [3.8, 4) is 28.7 Å². The lowest BCUT2D eigenvalue weighted by molar-refractivity contribution is 0.102. The van der Waals surface area contributed by atoms with Crippen LogP contribution in [0.25, 0.3) is 16.8 Å². The summed E-state index contributed by atoms with van der Waals surface area (Å²) >= 11 is 1.11. The van der Waals surface area contributed by atoms with E-state index in [9.17, 15) is 22.0 Å². The van der Waals surface area contributed by atoms with Crippen molar-refractivity contribution in [3.05, 3.63) is 58.4 Å². The first-order chi connectivity index (χ1) is 19.0. The van der Waals surface area contributed by atoms with E-state index >= 15 is 0 Å². The molecule has 14 heteroatoms. The van der Waals surface area contributed by atoms with Crippen molar-refractivity contribution in [2.45, 2.75) is 19.3 Å². The van der Waals surface area contributed by atoms with Gasteiger partial charge in [0.15, 0.2) is 14.8 Å². The maximum absolute atomic E-state index is 13.5. The molecule has 2 heterocycles. The monoisotopic (exact) mass is 586 g/mol. The molecule has 0 radical (unpaired) electrons. The normalized spacial score (nSPS) is 13.8. The van der Waals surface area contributed by atoms with Gasteiger partial charge in [-0.25, -0.2) is 17.2 Å². The average molecular weight is 587 g/mol. The van der Waals surface area contributed by atoms with Crippen LogP contribution in [-0.4, -0.2) is 55.0 Å². The van der Waals surface area contributed by atoms with Crippen molar-refractivity contribution < 1.29 is 26.7 Å². The predicted molar refractivity (Wildman–Crippen MR) is 149 cm³/mol. The zero-order valence-corrected chi connectivity index (χ0v) is 23.0. The Morgan fingerprint density at radius 3 is 2.75 bits per heavy atom. The molecule has 1 aliphatic carbocycles. The summed E-state index contributed by atoms with van der Waals surface area (Å²) in [6, 6.07) is 5.71. The molecule has 0 bridgehead atoms. The lowest BCUT2D eigenvalue weighted by atomic mass is 9.95. The number of aromatic nitrogens is 3. The maximum atomic E-state index is 13.5. The van der Waals surface area contributed by atoms with Gasteiger partial charge in [-0.15, -0.1) is 10.2 Å². The molecule has 1 amide bonds. The molecule has 0 saturated heterocycles. The zero-order chi connectivity index (χ0) is 28.9. The number of pyridine rings is 1. The first-order valence-corrected chi connectivity index (χ1v) is 14.7. The zero-order valence-electron chi connectivity index (χ0n) is 21.4. The number of benzene rings is 1. The number of methoxy groups -OCH3 is 1. The number of nitrogens with zero attached hydrogens (tertiary/aromatic N) is 4. The SMILES string of the molecule is COc1cnc(C(F)F)cc1-c1cc(/C(N)=C/C=N/CS(C)(=O)=O)ccc1C(=O)Nc1nnc(C#CC2CC2)s1. The molecule has 0 atom stereocenters. The first kappa shape index (κ1) is 28.8. The molecule has 0 aliphatic heterocycles. The number of nitrogens with one attached hydrogen (secondary N) is 1. The molecule has 208 valence electrons. The van der Waals surface area contributed by atoms with Gasteiger partial charge in [-0.05, 0) is 54.2 Å². The van der Waals surface area contributed by atoms with Crippen LogP contribution in [0.4, 0.5) is 13.9 Å². The van der Waals surface area contributed by atoms with E-state index in [4.69, 9.17) is 10.5 Å². The van der Waals surface area contributed by atoms with Crippen LogP contribution < -0.4 is 15.8 Å². The van der Waals surface area contributed by atoms with Gasteiger partial charge in [-0.1, -0.05) is 23.3 Å². The highest BCUT2D eigenvalue weighted by Crippen LogP contribution is 2.36. The first-order valence-electron chi connectivity index (χ1n) is 11.8. The Morgan fingerprint density at radius 2 is 2.08 bits per heavy atom. The summed E-state index contributed by atoms with van der Waals surface area (Å²) in [4.78, 5) is 20.9. The minimum absolute atomic E-state index is 0.118. The number of carbonyl (C=O) groups excluding carboxylic acids is 1. The van der Waals surface area contributed by atoms with Gasteiger partial charge in [0.25, 0.3) is 12.3 Å². The molecule has 1 fully saturated rings. The number of alkyl halides is 2. The molecule has 10 nitrogen and oxygen atoms in total. The Labute approximate surface area is 233 Å². The van der Waals surface area contributed by atoms with Gasteiger partial charge >= 0.3 is 0 Å². The van der Waals surface area contributed by atoms with Gasteiger partial charge in [0.05, 0.1) is 13.3 Å². The Hall–Kier alpha value is -4.22. The van der Waals surface area contributed by atoms with Gasteiger partial charge in [0, 0.05) is 35.2 Å². The molecule has 0 unspecified atom stereocenters. The number of hydrogen-bond acceptors (Lipinski definition) is 10. The number of carbonyl (C=O) groups is 1. The van der Waals surface area contributed by atoms with Crippen molar-refractivity contribution in [2.24, 2.45) is 16.6 Å². The van der Waals surface area contributed by atoms with E-state index in [2.05, 4.69) is 37.3 Å². The molecule has 0 spiro atoms. The van der Waals surface area contributed by atoms with Crippen LogP contribution in [0.3, 0.4) is 0 Å². The number of halogens is 2. The van der Waals surface area contributed by atoms with Crippen LogP contribution in [0.1, 0.15) is 45.9 Å². The van der Waals surface area contributed by atoms with Crippen molar-refractivity contribution in [3.63, 3.8) is 0 Å². The van der Waals surface area contributed by atoms with Crippen molar-refractivity contribution in [1.82, 2.24) is 15.2 Å². The second kappa shape index (κ2) is 12.3. The minimum Gasteiger partial charge on any atom is -0.494 e. The third kappa shape index (κ3) is 7.67. The van der Waals surface area contributed by atoms with Crippen LogP contribution in [0.5, 0.6) is 5.75 Å². The van der Waals surface area contributed by atoms with E-state index in [1.54, 1.807) is 6.07 Å². The predicted octanol–water partition coefficient (Wildman–Crippen LogP) is 3.93. The average Bonchev–Trinajstić information content (AvgIpc) is 3.65. The van der Waals surface area contributed by atoms with Crippen molar-refractivity contribution >= 4 is 44.1 Å². The third-order valence-corrected chi connectivity index (χ3v) is 6.87. The molecule has 1 aromatic carbocycles. The van der Waals surface area contributed by atoms with E-state index in [0.29, 0.717) is 16.5 Å². The number of aliphatic imine (C=N–C) groups is 1. The summed E-state index contributed by atoms with van der Waals surface area (Å²) in [5.41, 5.74) is 6.82. The highest BCUT2D eigenvalue weighted by atomic mass is 32.2. The minimum atomic E-state index is -3.30. The second-order valence-electron chi connectivity index (χ2n) is 8.79. The summed E-state index contributed by atoms with van der Waals surface area (Å²) in [5.74, 6) is 5.57. The summed E-state index contributed by atoms with van der Waals surface area (Å²) in [6.07, 6.45) is 4.10. The van der Waals surface area contributed by atoms with Gasteiger partial charge < -0.3 is 10.5 Å². The van der Waals surface area contributed by atoms with Crippen molar-refractivity contribution in [2.75, 3.05) is 24.6 Å². The van der Waals surface area contributed by atoms with E-state index in [1.807, 2.05) is 0 Å². The van der Waals surface area contributed by atoms with Crippen LogP contribution in [0, 0.1) is 17.8 Å². The van der Waals surface area contributed by atoms with Crippen LogP contribution in [0.15, 0.2) is 41.5 Å². The molecule has 3 aromatic rings. The summed E-state index contributed by atoms with van der Waals surface area (Å²) < 4.78 is 55.0. The number of hydrogen-bond donors (Lipinski definition) is 2. The molecular weight excluding hydrogens is 562 g/mol. The molecule has 1 aliphatic rings. The van der Waals surface area contributed by atoms with Gasteiger partial charge in [-0.3, -0.25) is 20.1 Å². The topological polar surface area (TPSA) is 150 Å². The molecular formula is C26H24F2N6O4S2. The number of rotatable bonds is 9. The van der Waals surface area contributed by atoms with E-state index < -0.39 is 33.7 Å². The number of nitrogens with two attached hydrogens (primary N) is 1. The summed E-state index contributed by atoms with van der Waals surface area (Å²) in [6.45, 7) is 0. The Bertz CT molecular complexity index is 1650. The molecule has 4 rings (SSSR count). The highest BCUT2D eigenvalue weighted by molar-refractivity contribution is 7.90. The quantitative estimate of drug-likeness (QED) is 0.283. The number of sulfone groups is 1. The number of ether oxygens (including phenoxy) is 1. The summed E-state index contributed by atoms with van der Waals surface area (Å²) in [7, 11) is -1.95. The lowest BCUT2D eigenvalue weighted by Gasteiger charge is -2.15.